The maximum Gasteiger partial charge on any atom is 0.0591 e. The van der Waals surface area contributed by atoms with Crippen molar-refractivity contribution in [3.05, 3.63) is 59.7 Å². The zero-order valence-corrected chi connectivity index (χ0v) is 12.1. The minimum Gasteiger partial charge on any atom is -0.396 e. The molecule has 0 aliphatic heterocycles. The minimum absolute atomic E-state index is 0.273. The Labute approximate surface area is 125 Å². The summed E-state index contributed by atoms with van der Waals surface area (Å²) >= 11 is 0. The molecule has 0 heterocycles. The Hall–Kier alpha value is -1.64. The summed E-state index contributed by atoms with van der Waals surface area (Å²) in [6.45, 7) is 0.299. The second-order valence-corrected chi connectivity index (χ2v) is 6.25. The van der Waals surface area contributed by atoms with Crippen molar-refractivity contribution in [1.29, 1.82) is 0 Å². The van der Waals surface area contributed by atoms with Gasteiger partial charge in [-0.25, -0.2) is 0 Å². The predicted molar refractivity (Wildman–Crippen MR) is 85.1 cm³/mol. The Morgan fingerprint density at radius 1 is 0.905 bits per heavy atom. The molecule has 2 aliphatic rings. The van der Waals surface area contributed by atoms with Gasteiger partial charge in [-0.1, -0.05) is 55.0 Å². The highest BCUT2D eigenvalue weighted by Gasteiger charge is 2.33. The number of rotatable bonds is 3. The number of aliphatic hydroxyl groups excluding tert-OH is 1. The van der Waals surface area contributed by atoms with E-state index in [1.807, 2.05) is 0 Å². The molecule has 2 atom stereocenters. The van der Waals surface area contributed by atoms with Crippen LogP contribution in [0.5, 0.6) is 0 Å². The summed E-state index contributed by atoms with van der Waals surface area (Å²) in [5, 5.41) is 13.4. The molecule has 0 aromatic heterocycles. The van der Waals surface area contributed by atoms with Gasteiger partial charge in [0.1, 0.15) is 0 Å². The molecule has 1 saturated carbocycles. The number of hydrogen-bond donors (Lipinski definition) is 2. The van der Waals surface area contributed by atoms with Gasteiger partial charge in [-0.3, -0.25) is 0 Å². The highest BCUT2D eigenvalue weighted by molar-refractivity contribution is 5.78. The van der Waals surface area contributed by atoms with Crippen LogP contribution in [-0.2, 0) is 0 Å². The molecular formula is C19H21NO. The zero-order chi connectivity index (χ0) is 14.2. The van der Waals surface area contributed by atoms with Gasteiger partial charge in [-0.05, 0) is 41.0 Å². The first kappa shape index (κ1) is 13.1. The fourth-order valence-electron chi connectivity index (χ4n) is 4.02. The topological polar surface area (TPSA) is 32.3 Å². The van der Waals surface area contributed by atoms with E-state index in [9.17, 15) is 5.11 Å². The van der Waals surface area contributed by atoms with E-state index in [4.69, 9.17) is 0 Å². The van der Waals surface area contributed by atoms with Crippen molar-refractivity contribution in [2.24, 2.45) is 5.92 Å². The van der Waals surface area contributed by atoms with Gasteiger partial charge in [0.05, 0.1) is 6.04 Å². The van der Waals surface area contributed by atoms with E-state index in [1.165, 1.54) is 35.1 Å². The van der Waals surface area contributed by atoms with Crippen molar-refractivity contribution in [1.82, 2.24) is 5.32 Å². The monoisotopic (exact) mass is 279 g/mol. The smallest absolute Gasteiger partial charge is 0.0591 e. The van der Waals surface area contributed by atoms with Crippen LogP contribution in [0.15, 0.2) is 48.5 Å². The molecule has 108 valence electrons. The van der Waals surface area contributed by atoms with Crippen LogP contribution in [0, 0.1) is 5.92 Å². The Bertz CT molecular complexity index is 606. The predicted octanol–water partition coefficient (Wildman–Crippen LogP) is 3.51. The van der Waals surface area contributed by atoms with Gasteiger partial charge in [0.15, 0.2) is 0 Å². The highest BCUT2D eigenvalue weighted by atomic mass is 16.3. The second-order valence-electron chi connectivity index (χ2n) is 6.25. The molecule has 2 unspecified atom stereocenters. The maximum absolute atomic E-state index is 9.56. The van der Waals surface area contributed by atoms with Gasteiger partial charge in [-0.2, -0.15) is 0 Å². The summed E-state index contributed by atoms with van der Waals surface area (Å²) in [5.41, 5.74) is 5.46. The van der Waals surface area contributed by atoms with E-state index in [0.717, 1.165) is 6.42 Å². The third kappa shape index (κ3) is 2.10. The Kier molecular flexibility index (Phi) is 3.28. The summed E-state index contributed by atoms with van der Waals surface area (Å²) in [7, 11) is 0. The van der Waals surface area contributed by atoms with Crippen LogP contribution in [0.25, 0.3) is 11.1 Å². The first-order chi connectivity index (χ1) is 10.4. The van der Waals surface area contributed by atoms with E-state index in [2.05, 4.69) is 53.8 Å². The minimum atomic E-state index is 0.273. The number of fused-ring (bicyclic) bond motifs is 3. The number of aliphatic hydroxyl groups is 1. The first-order valence-corrected chi connectivity index (χ1v) is 7.93. The molecule has 0 radical (unpaired) electrons. The molecule has 2 heteroatoms. The van der Waals surface area contributed by atoms with Crippen LogP contribution < -0.4 is 5.32 Å². The SMILES string of the molecule is OCC1CCCC1NC1c2ccccc2-c2ccccc21. The van der Waals surface area contributed by atoms with Crippen LogP contribution in [0.1, 0.15) is 36.4 Å². The Morgan fingerprint density at radius 3 is 2.14 bits per heavy atom. The van der Waals surface area contributed by atoms with Crippen molar-refractivity contribution in [3.63, 3.8) is 0 Å². The average molecular weight is 279 g/mol. The fourth-order valence-corrected chi connectivity index (χ4v) is 4.02. The quantitative estimate of drug-likeness (QED) is 0.901. The second kappa shape index (κ2) is 5.28. The lowest BCUT2D eigenvalue weighted by Crippen LogP contribution is -2.36. The van der Waals surface area contributed by atoms with Gasteiger partial charge >= 0.3 is 0 Å². The van der Waals surface area contributed by atoms with Crippen molar-refractivity contribution < 1.29 is 5.11 Å². The van der Waals surface area contributed by atoms with Crippen molar-refractivity contribution in [2.45, 2.75) is 31.3 Å². The molecule has 2 N–H and O–H groups in total. The molecule has 2 aromatic rings. The van der Waals surface area contributed by atoms with Crippen LogP contribution in [0.3, 0.4) is 0 Å². The van der Waals surface area contributed by atoms with E-state index in [-0.39, 0.29) is 6.04 Å². The molecule has 0 spiro atoms. The summed E-state index contributed by atoms with van der Waals surface area (Å²) in [6.07, 6.45) is 3.54. The first-order valence-electron chi connectivity index (χ1n) is 7.93. The maximum atomic E-state index is 9.56. The summed E-state index contributed by atoms with van der Waals surface area (Å²) in [6, 6.07) is 18.1. The zero-order valence-electron chi connectivity index (χ0n) is 12.1. The summed E-state index contributed by atoms with van der Waals surface area (Å²) in [5.74, 6) is 0.407. The van der Waals surface area contributed by atoms with Crippen molar-refractivity contribution >= 4 is 0 Å². The summed E-state index contributed by atoms with van der Waals surface area (Å²) < 4.78 is 0. The lowest BCUT2D eigenvalue weighted by atomic mass is 10.00. The van der Waals surface area contributed by atoms with Crippen molar-refractivity contribution in [3.8, 4) is 11.1 Å². The number of hydrogen-bond acceptors (Lipinski definition) is 2. The molecule has 0 saturated heterocycles. The standard InChI is InChI=1S/C19H21NO/c21-12-13-6-5-11-18(13)20-19-16-9-3-1-7-14(16)15-8-2-4-10-17(15)19/h1-4,7-10,13,18-21H,5-6,11-12H2. The van der Waals surface area contributed by atoms with Crippen molar-refractivity contribution in [2.75, 3.05) is 6.61 Å². The Morgan fingerprint density at radius 2 is 1.52 bits per heavy atom. The van der Waals surface area contributed by atoms with Gasteiger partial charge < -0.3 is 10.4 Å². The number of nitrogens with one attached hydrogen (secondary N) is 1. The van der Waals surface area contributed by atoms with E-state index < -0.39 is 0 Å². The normalized spacial score (nSPS) is 24.0. The molecular weight excluding hydrogens is 258 g/mol. The summed E-state index contributed by atoms with van der Waals surface area (Å²) in [4.78, 5) is 0. The molecule has 1 fully saturated rings. The third-order valence-electron chi connectivity index (χ3n) is 5.11. The van der Waals surface area contributed by atoms with E-state index >= 15 is 0 Å². The van der Waals surface area contributed by atoms with E-state index in [1.54, 1.807) is 0 Å². The lowest BCUT2D eigenvalue weighted by molar-refractivity contribution is 0.202. The fraction of sp³-hybridized carbons (Fsp3) is 0.368. The molecule has 21 heavy (non-hydrogen) atoms. The molecule has 0 amide bonds. The average Bonchev–Trinajstić information content (AvgIpc) is 3.11. The molecule has 2 aliphatic carbocycles. The van der Waals surface area contributed by atoms with Gasteiger partial charge in [0.2, 0.25) is 0 Å². The van der Waals surface area contributed by atoms with E-state index in [0.29, 0.717) is 18.6 Å². The van der Waals surface area contributed by atoms with Crippen LogP contribution in [0.4, 0.5) is 0 Å². The number of benzene rings is 2. The molecule has 2 nitrogen and oxygen atoms in total. The largest absolute Gasteiger partial charge is 0.396 e. The third-order valence-corrected chi connectivity index (χ3v) is 5.11. The molecule has 0 bridgehead atoms. The van der Waals surface area contributed by atoms with Gasteiger partial charge in [0.25, 0.3) is 0 Å². The molecule has 4 rings (SSSR count). The van der Waals surface area contributed by atoms with Crippen LogP contribution in [0.2, 0.25) is 0 Å². The highest BCUT2D eigenvalue weighted by Crippen LogP contribution is 2.44. The van der Waals surface area contributed by atoms with Gasteiger partial charge in [0, 0.05) is 12.6 Å². The Balaban J connectivity index is 1.72. The van der Waals surface area contributed by atoms with Crippen LogP contribution >= 0.6 is 0 Å². The van der Waals surface area contributed by atoms with Gasteiger partial charge in [-0.15, -0.1) is 0 Å². The lowest BCUT2D eigenvalue weighted by Gasteiger charge is -2.25. The molecule has 2 aromatic carbocycles. The van der Waals surface area contributed by atoms with Crippen LogP contribution in [-0.4, -0.2) is 17.8 Å².